The number of nitriles is 1. The van der Waals surface area contributed by atoms with Crippen LogP contribution in [0.1, 0.15) is 12.0 Å². The van der Waals surface area contributed by atoms with Crippen LogP contribution >= 0.6 is 11.5 Å². The van der Waals surface area contributed by atoms with Gasteiger partial charge in [-0.15, -0.1) is 0 Å². The van der Waals surface area contributed by atoms with E-state index >= 15 is 0 Å². The molecule has 92 valence electrons. The van der Waals surface area contributed by atoms with Crippen LogP contribution in [-0.2, 0) is 9.47 Å². The van der Waals surface area contributed by atoms with Crippen LogP contribution in [0.3, 0.4) is 0 Å². The zero-order chi connectivity index (χ0) is 12.3. The van der Waals surface area contributed by atoms with Gasteiger partial charge in [-0.2, -0.15) is 9.64 Å². The minimum atomic E-state index is -0.314. The first-order valence-corrected chi connectivity index (χ1v) is 6.00. The molecular weight excluding hydrogens is 240 g/mol. The molecule has 1 atom stereocenters. The molecule has 1 fully saturated rings. The Hall–Kier alpha value is -1.36. The fraction of sp³-hybridized carbons (Fsp3) is 0.600. The molecule has 17 heavy (non-hydrogen) atoms. The van der Waals surface area contributed by atoms with Crippen LogP contribution in [0.25, 0.3) is 0 Å². The van der Waals surface area contributed by atoms with Gasteiger partial charge in [-0.25, -0.2) is 0 Å². The second kappa shape index (κ2) is 4.87. The number of hydrogen-bond acceptors (Lipinski definition) is 7. The second-order valence-electron chi connectivity index (χ2n) is 3.93. The van der Waals surface area contributed by atoms with Crippen molar-refractivity contribution in [3.05, 3.63) is 5.56 Å². The average Bonchev–Trinajstić information content (AvgIpc) is 2.94. The molecule has 0 bridgehead atoms. The maximum Gasteiger partial charge on any atom is 0.157 e. The SMILES string of the molecule is COC1(CNc2snc(N)c2C#N)CCOC1. The van der Waals surface area contributed by atoms with Gasteiger partial charge in [-0.3, -0.25) is 0 Å². The van der Waals surface area contributed by atoms with Gasteiger partial charge in [0.2, 0.25) is 0 Å². The van der Waals surface area contributed by atoms with E-state index in [4.69, 9.17) is 20.5 Å². The summed E-state index contributed by atoms with van der Waals surface area (Å²) in [6.07, 6.45) is 0.840. The molecule has 0 radical (unpaired) electrons. The lowest BCUT2D eigenvalue weighted by atomic mass is 10.0. The van der Waals surface area contributed by atoms with Crippen molar-refractivity contribution in [2.45, 2.75) is 12.0 Å². The number of ether oxygens (including phenoxy) is 2. The number of rotatable bonds is 4. The maximum absolute atomic E-state index is 8.94. The number of hydrogen-bond donors (Lipinski definition) is 2. The van der Waals surface area contributed by atoms with E-state index in [1.54, 1.807) is 7.11 Å². The summed E-state index contributed by atoms with van der Waals surface area (Å²) in [5.74, 6) is 0.272. The summed E-state index contributed by atoms with van der Waals surface area (Å²) < 4.78 is 14.8. The highest BCUT2D eigenvalue weighted by Crippen LogP contribution is 2.28. The predicted octanol–water partition coefficient (Wildman–Crippen LogP) is 0.814. The average molecular weight is 254 g/mol. The van der Waals surface area contributed by atoms with Gasteiger partial charge in [0, 0.05) is 26.7 Å². The summed E-state index contributed by atoms with van der Waals surface area (Å²) in [5, 5.41) is 12.8. The molecule has 0 aromatic carbocycles. The Morgan fingerprint density at radius 2 is 2.59 bits per heavy atom. The van der Waals surface area contributed by atoms with Gasteiger partial charge >= 0.3 is 0 Å². The Morgan fingerprint density at radius 1 is 1.76 bits per heavy atom. The molecule has 1 aromatic heterocycles. The first kappa shape index (κ1) is 12.1. The molecule has 0 spiro atoms. The van der Waals surface area contributed by atoms with Crippen molar-refractivity contribution in [3.63, 3.8) is 0 Å². The number of aromatic nitrogens is 1. The summed E-state index contributed by atoms with van der Waals surface area (Å²) in [6.45, 7) is 1.85. The summed E-state index contributed by atoms with van der Waals surface area (Å²) in [4.78, 5) is 0. The Kier molecular flexibility index (Phi) is 3.47. The molecule has 1 aliphatic heterocycles. The van der Waals surface area contributed by atoms with E-state index < -0.39 is 0 Å². The molecule has 0 amide bonds. The van der Waals surface area contributed by atoms with Gasteiger partial charge in [0.25, 0.3) is 0 Å². The molecule has 0 saturated carbocycles. The van der Waals surface area contributed by atoms with Gasteiger partial charge in [0.1, 0.15) is 22.2 Å². The van der Waals surface area contributed by atoms with Crippen molar-refractivity contribution in [1.82, 2.24) is 4.37 Å². The molecule has 2 heterocycles. The van der Waals surface area contributed by atoms with E-state index in [1.165, 1.54) is 11.5 Å². The highest BCUT2D eigenvalue weighted by Gasteiger charge is 2.35. The lowest BCUT2D eigenvalue weighted by molar-refractivity contribution is -0.00615. The van der Waals surface area contributed by atoms with Crippen LogP contribution in [0.5, 0.6) is 0 Å². The Morgan fingerprint density at radius 3 is 3.18 bits per heavy atom. The third-order valence-corrected chi connectivity index (χ3v) is 3.72. The van der Waals surface area contributed by atoms with E-state index in [1.807, 2.05) is 6.07 Å². The van der Waals surface area contributed by atoms with E-state index in [0.29, 0.717) is 30.3 Å². The highest BCUT2D eigenvalue weighted by molar-refractivity contribution is 7.10. The van der Waals surface area contributed by atoms with Crippen molar-refractivity contribution < 1.29 is 9.47 Å². The number of nitrogens with two attached hydrogens (primary N) is 1. The van der Waals surface area contributed by atoms with Crippen molar-refractivity contribution in [1.29, 1.82) is 5.26 Å². The maximum atomic E-state index is 8.94. The Labute approximate surface area is 103 Å². The number of methoxy groups -OCH3 is 1. The van der Waals surface area contributed by atoms with E-state index in [9.17, 15) is 0 Å². The van der Waals surface area contributed by atoms with Gasteiger partial charge in [-0.05, 0) is 11.5 Å². The summed E-state index contributed by atoms with van der Waals surface area (Å²) in [5.41, 5.74) is 5.67. The van der Waals surface area contributed by atoms with Crippen LogP contribution < -0.4 is 11.1 Å². The highest BCUT2D eigenvalue weighted by atomic mass is 32.1. The molecule has 2 rings (SSSR count). The van der Waals surface area contributed by atoms with Crippen LogP contribution in [0, 0.1) is 11.3 Å². The lowest BCUT2D eigenvalue weighted by Gasteiger charge is -2.25. The zero-order valence-electron chi connectivity index (χ0n) is 9.52. The Balaban J connectivity index is 2.04. The Bertz CT molecular complexity index is 434. The molecule has 1 unspecified atom stereocenters. The normalized spacial score (nSPS) is 23.5. The smallest absolute Gasteiger partial charge is 0.157 e. The molecule has 3 N–H and O–H groups in total. The van der Waals surface area contributed by atoms with Crippen LogP contribution in [0.4, 0.5) is 10.8 Å². The molecule has 6 nitrogen and oxygen atoms in total. The molecule has 1 saturated heterocycles. The minimum absolute atomic E-state index is 0.272. The third-order valence-electron chi connectivity index (χ3n) is 2.90. The van der Waals surface area contributed by atoms with Crippen LogP contribution in [0.2, 0.25) is 0 Å². The number of anilines is 2. The molecular formula is C10H14N4O2S. The number of nitrogens with zero attached hydrogens (tertiary/aromatic N) is 2. The van der Waals surface area contributed by atoms with Crippen LogP contribution in [-0.4, -0.2) is 36.8 Å². The first-order chi connectivity index (χ1) is 8.21. The monoisotopic (exact) mass is 254 g/mol. The molecule has 1 aromatic rings. The molecule has 0 aliphatic carbocycles. The first-order valence-electron chi connectivity index (χ1n) is 5.23. The van der Waals surface area contributed by atoms with Crippen molar-refractivity contribution in [2.75, 3.05) is 37.9 Å². The number of nitrogen functional groups attached to an aromatic ring is 1. The second-order valence-corrected chi connectivity index (χ2v) is 4.70. The van der Waals surface area contributed by atoms with Gasteiger partial charge in [0.15, 0.2) is 5.82 Å². The topological polar surface area (TPSA) is 93.2 Å². The fourth-order valence-electron chi connectivity index (χ4n) is 1.73. The van der Waals surface area contributed by atoms with Crippen LogP contribution in [0.15, 0.2) is 0 Å². The summed E-state index contributed by atoms with van der Waals surface area (Å²) in [6, 6.07) is 2.04. The van der Waals surface area contributed by atoms with Gasteiger partial charge in [-0.1, -0.05) is 0 Å². The van der Waals surface area contributed by atoms with Crippen molar-refractivity contribution in [3.8, 4) is 6.07 Å². The molecule has 7 heteroatoms. The van der Waals surface area contributed by atoms with E-state index in [-0.39, 0.29) is 11.4 Å². The number of nitrogens with one attached hydrogen (secondary N) is 1. The largest absolute Gasteiger partial charge is 0.382 e. The standard InChI is InChI=1S/C10H14N4O2S/c1-15-10(2-3-16-6-10)5-13-9-7(4-11)8(12)14-17-9/h13H,2-3,5-6H2,1H3,(H2,12,14). The quantitative estimate of drug-likeness (QED) is 0.826. The summed E-state index contributed by atoms with van der Waals surface area (Å²) in [7, 11) is 1.67. The minimum Gasteiger partial charge on any atom is -0.382 e. The van der Waals surface area contributed by atoms with Crippen molar-refractivity contribution in [2.24, 2.45) is 0 Å². The van der Waals surface area contributed by atoms with E-state index in [2.05, 4.69) is 9.69 Å². The lowest BCUT2D eigenvalue weighted by Crippen LogP contribution is -2.39. The third kappa shape index (κ3) is 2.34. The predicted molar refractivity (Wildman–Crippen MR) is 64.9 cm³/mol. The zero-order valence-corrected chi connectivity index (χ0v) is 10.3. The van der Waals surface area contributed by atoms with E-state index in [0.717, 1.165) is 6.42 Å². The fourth-order valence-corrected chi connectivity index (χ4v) is 2.39. The van der Waals surface area contributed by atoms with Gasteiger partial charge in [0.05, 0.1) is 6.61 Å². The molecule has 1 aliphatic rings. The van der Waals surface area contributed by atoms with Crippen molar-refractivity contribution >= 4 is 22.4 Å². The summed E-state index contributed by atoms with van der Waals surface area (Å²) >= 11 is 1.19. The van der Waals surface area contributed by atoms with Gasteiger partial charge < -0.3 is 20.5 Å².